The Morgan fingerprint density at radius 3 is 2.06 bits per heavy atom. The van der Waals surface area contributed by atoms with Gasteiger partial charge >= 0.3 is 24.3 Å². The number of rotatable bonds is 8. The van der Waals surface area contributed by atoms with Crippen molar-refractivity contribution in [3.8, 4) is 0 Å². The number of halogens is 6. The van der Waals surface area contributed by atoms with Crippen molar-refractivity contribution in [2.45, 2.75) is 82.9 Å². The van der Waals surface area contributed by atoms with Gasteiger partial charge in [0.05, 0.1) is 17.6 Å². The highest BCUT2D eigenvalue weighted by Crippen LogP contribution is 2.28. The van der Waals surface area contributed by atoms with Gasteiger partial charge in [0.25, 0.3) is 5.91 Å². The summed E-state index contributed by atoms with van der Waals surface area (Å²) in [5.41, 5.74) is 14.4. The molecule has 0 spiro atoms. The predicted octanol–water partition coefficient (Wildman–Crippen LogP) is 4.95. The standard InChI is InChI=1S/C27H35N7O.2C2HF3O2/c1-17-12-15-21-20(16-17)24(32-22-10-6-7-11-23(22)33-27(28)29)34-25(31-21)26(35)30-18(2)13-14-19-8-4-3-5-9-19;2*3-2(4,5)1(6)7/h3-5,8-9,12,15-16,18,22-23H,6-7,10-11,13-14H2,1-2H3,(H,30,35)(H4,28,29,33)(H,31,32,34);2*(H,6,7). The Morgan fingerprint density at radius 2 is 1.51 bits per heavy atom. The molecule has 1 fully saturated rings. The van der Waals surface area contributed by atoms with Gasteiger partial charge in [-0.1, -0.05) is 54.8 Å². The van der Waals surface area contributed by atoms with Crippen LogP contribution in [0.15, 0.2) is 53.5 Å². The molecule has 1 amide bonds. The summed E-state index contributed by atoms with van der Waals surface area (Å²) in [4.78, 5) is 44.6. The molecule has 268 valence electrons. The number of aliphatic carboxylic acids is 2. The first-order valence-corrected chi connectivity index (χ1v) is 14.9. The Balaban J connectivity index is 0.000000500. The second-order valence-corrected chi connectivity index (χ2v) is 11.1. The van der Waals surface area contributed by atoms with Crippen molar-refractivity contribution in [1.29, 1.82) is 0 Å². The van der Waals surface area contributed by atoms with E-state index in [4.69, 9.17) is 31.3 Å². The topological polar surface area (TPSA) is 206 Å². The van der Waals surface area contributed by atoms with E-state index in [-0.39, 0.29) is 35.8 Å². The number of aryl methyl sites for hydroxylation is 2. The number of anilines is 1. The highest BCUT2D eigenvalue weighted by atomic mass is 19.4. The minimum atomic E-state index is -5.08. The second kappa shape index (κ2) is 17.8. The number of hydrogen-bond donors (Lipinski definition) is 6. The van der Waals surface area contributed by atoms with Gasteiger partial charge in [0, 0.05) is 11.4 Å². The number of guanidine groups is 1. The summed E-state index contributed by atoms with van der Waals surface area (Å²) in [5.74, 6) is -4.90. The number of benzene rings is 2. The molecular formula is C31H37F6N7O5. The Labute approximate surface area is 277 Å². The molecule has 3 unspecified atom stereocenters. The fourth-order valence-corrected chi connectivity index (χ4v) is 4.64. The number of nitrogens with one attached hydrogen (secondary N) is 2. The second-order valence-electron chi connectivity index (χ2n) is 11.1. The summed E-state index contributed by atoms with van der Waals surface area (Å²) < 4.78 is 63.5. The van der Waals surface area contributed by atoms with E-state index in [1.165, 1.54) is 5.56 Å². The van der Waals surface area contributed by atoms with Crippen LogP contribution in [0, 0.1) is 6.92 Å². The first-order chi connectivity index (χ1) is 22.8. The molecule has 0 aliphatic heterocycles. The van der Waals surface area contributed by atoms with Crippen molar-refractivity contribution < 1.29 is 50.9 Å². The smallest absolute Gasteiger partial charge is 0.475 e. The third-order valence-corrected chi connectivity index (χ3v) is 6.99. The lowest BCUT2D eigenvalue weighted by Gasteiger charge is -2.30. The molecule has 4 rings (SSSR count). The molecule has 2 aromatic carbocycles. The zero-order chi connectivity index (χ0) is 36.9. The Kier molecular flexibility index (Phi) is 14.6. The van der Waals surface area contributed by atoms with Crippen molar-refractivity contribution in [2.75, 3.05) is 5.32 Å². The SMILES string of the molecule is Cc1ccc2nc(C(=O)NC(C)CCc3ccccc3)nc(NC3CCCCC3N=C(N)N)c2c1.O=C(O)C(F)(F)F.O=C(O)C(F)(F)F. The molecular weight excluding hydrogens is 664 g/mol. The molecule has 3 atom stereocenters. The number of hydrogen-bond acceptors (Lipinski definition) is 7. The largest absolute Gasteiger partial charge is 0.490 e. The summed E-state index contributed by atoms with van der Waals surface area (Å²) in [6.07, 6.45) is -4.45. The van der Waals surface area contributed by atoms with Crippen molar-refractivity contribution in [2.24, 2.45) is 16.5 Å². The molecule has 3 aromatic rings. The predicted molar refractivity (Wildman–Crippen MR) is 169 cm³/mol. The van der Waals surface area contributed by atoms with Gasteiger partial charge in [-0.2, -0.15) is 26.3 Å². The van der Waals surface area contributed by atoms with E-state index >= 15 is 0 Å². The van der Waals surface area contributed by atoms with Gasteiger partial charge in [-0.25, -0.2) is 24.5 Å². The van der Waals surface area contributed by atoms with E-state index in [9.17, 15) is 31.1 Å². The Morgan fingerprint density at radius 1 is 0.939 bits per heavy atom. The van der Waals surface area contributed by atoms with Gasteiger partial charge in [0.1, 0.15) is 5.82 Å². The summed E-state index contributed by atoms with van der Waals surface area (Å²) in [7, 11) is 0. The maximum atomic E-state index is 13.1. The molecule has 0 radical (unpaired) electrons. The van der Waals surface area contributed by atoms with Crippen LogP contribution in [0.3, 0.4) is 0 Å². The first kappa shape index (κ1) is 40.0. The molecule has 1 saturated carbocycles. The minimum Gasteiger partial charge on any atom is -0.475 e. The number of alkyl halides is 6. The number of amides is 1. The molecule has 12 nitrogen and oxygen atoms in total. The molecule has 49 heavy (non-hydrogen) atoms. The number of carboxylic acid groups (broad SMARTS) is 2. The number of fused-ring (bicyclic) bond motifs is 1. The van der Waals surface area contributed by atoms with Crippen LogP contribution >= 0.6 is 0 Å². The lowest BCUT2D eigenvalue weighted by Crippen LogP contribution is -2.39. The lowest BCUT2D eigenvalue weighted by molar-refractivity contribution is -0.193. The summed E-state index contributed by atoms with van der Waals surface area (Å²) >= 11 is 0. The monoisotopic (exact) mass is 701 g/mol. The van der Waals surface area contributed by atoms with Gasteiger partial charge in [0.2, 0.25) is 5.82 Å². The van der Waals surface area contributed by atoms with Crippen LogP contribution in [0.2, 0.25) is 0 Å². The fraction of sp³-hybridized carbons (Fsp3) is 0.419. The molecule has 1 aromatic heterocycles. The van der Waals surface area contributed by atoms with Crippen molar-refractivity contribution >= 4 is 40.5 Å². The summed E-state index contributed by atoms with van der Waals surface area (Å²) in [5, 5.41) is 21.7. The van der Waals surface area contributed by atoms with E-state index in [2.05, 4.69) is 37.7 Å². The molecule has 1 heterocycles. The number of aliphatic imine (C=N–C) groups is 1. The fourth-order valence-electron chi connectivity index (χ4n) is 4.64. The number of carboxylic acids is 2. The van der Waals surface area contributed by atoms with Crippen LogP contribution in [0.5, 0.6) is 0 Å². The Bertz CT molecular complexity index is 1580. The highest BCUT2D eigenvalue weighted by Gasteiger charge is 2.39. The van der Waals surface area contributed by atoms with Crippen molar-refractivity contribution in [1.82, 2.24) is 15.3 Å². The third kappa shape index (κ3) is 13.8. The number of aromatic nitrogens is 2. The van der Waals surface area contributed by atoms with Gasteiger partial charge in [0.15, 0.2) is 5.96 Å². The highest BCUT2D eigenvalue weighted by molar-refractivity contribution is 5.96. The Hall–Kier alpha value is -5.16. The van der Waals surface area contributed by atoms with Gasteiger partial charge in [-0.15, -0.1) is 0 Å². The quantitative estimate of drug-likeness (QED) is 0.106. The zero-order valence-corrected chi connectivity index (χ0v) is 26.5. The van der Waals surface area contributed by atoms with Crippen LogP contribution < -0.4 is 22.1 Å². The van der Waals surface area contributed by atoms with Crippen LogP contribution in [-0.2, 0) is 16.0 Å². The van der Waals surface area contributed by atoms with Gasteiger partial charge < -0.3 is 32.3 Å². The number of nitrogens with zero attached hydrogens (tertiary/aromatic N) is 3. The number of carbonyl (C=O) groups excluding carboxylic acids is 1. The van der Waals surface area contributed by atoms with Crippen LogP contribution in [0.4, 0.5) is 32.2 Å². The van der Waals surface area contributed by atoms with Crippen molar-refractivity contribution in [3.63, 3.8) is 0 Å². The van der Waals surface area contributed by atoms with Crippen LogP contribution in [-0.4, -0.2) is 74.5 Å². The molecule has 18 heteroatoms. The zero-order valence-electron chi connectivity index (χ0n) is 26.5. The van der Waals surface area contributed by atoms with Crippen molar-refractivity contribution in [3.05, 3.63) is 65.5 Å². The molecule has 1 aliphatic carbocycles. The maximum absolute atomic E-state index is 13.1. The van der Waals surface area contributed by atoms with Crippen LogP contribution in [0.25, 0.3) is 10.9 Å². The third-order valence-electron chi connectivity index (χ3n) is 6.99. The van der Waals surface area contributed by atoms with E-state index in [0.717, 1.165) is 55.0 Å². The van der Waals surface area contributed by atoms with E-state index in [1.807, 2.05) is 50.2 Å². The molecule has 0 bridgehead atoms. The lowest BCUT2D eigenvalue weighted by atomic mass is 9.90. The maximum Gasteiger partial charge on any atom is 0.490 e. The van der Waals surface area contributed by atoms with E-state index in [1.54, 1.807) is 0 Å². The summed E-state index contributed by atoms with van der Waals surface area (Å²) in [6, 6.07) is 16.2. The normalized spacial score (nSPS) is 16.5. The molecule has 0 saturated heterocycles. The van der Waals surface area contributed by atoms with E-state index < -0.39 is 24.3 Å². The minimum absolute atomic E-state index is 0.0129. The number of carbonyl (C=O) groups is 3. The average Bonchev–Trinajstić information content (AvgIpc) is 3.01. The van der Waals surface area contributed by atoms with Gasteiger partial charge in [-0.3, -0.25) is 4.79 Å². The van der Waals surface area contributed by atoms with E-state index in [0.29, 0.717) is 5.82 Å². The summed E-state index contributed by atoms with van der Waals surface area (Å²) in [6.45, 7) is 4.04. The average molecular weight is 702 g/mol. The molecule has 1 aliphatic rings. The van der Waals surface area contributed by atoms with Gasteiger partial charge in [-0.05, 0) is 57.2 Å². The molecule has 8 N–H and O–H groups in total. The number of nitrogens with two attached hydrogens (primary N) is 2. The van der Waals surface area contributed by atoms with Crippen LogP contribution in [0.1, 0.15) is 60.8 Å². The first-order valence-electron chi connectivity index (χ1n) is 14.9.